The fraction of sp³-hybridized carbons (Fsp3) is 0.450. The maximum atomic E-state index is 12.6. The predicted octanol–water partition coefficient (Wildman–Crippen LogP) is 2.23. The first-order valence-electron chi connectivity index (χ1n) is 9.23. The third-order valence-corrected chi connectivity index (χ3v) is 5.27. The highest BCUT2D eigenvalue weighted by Gasteiger charge is 2.27. The number of benzene rings is 1. The van der Waals surface area contributed by atoms with Crippen molar-refractivity contribution in [2.45, 2.75) is 38.1 Å². The van der Waals surface area contributed by atoms with E-state index < -0.39 is 0 Å². The first kappa shape index (κ1) is 16.8. The molecule has 2 aliphatic rings. The summed E-state index contributed by atoms with van der Waals surface area (Å²) in [6, 6.07) is 7.95. The van der Waals surface area contributed by atoms with E-state index >= 15 is 0 Å². The second-order valence-electron chi connectivity index (χ2n) is 7.00. The summed E-state index contributed by atoms with van der Waals surface area (Å²) in [7, 11) is 1.64. The molecule has 1 saturated heterocycles. The van der Waals surface area contributed by atoms with Gasteiger partial charge in [0.1, 0.15) is 17.9 Å². The maximum absolute atomic E-state index is 12.6. The molecule has 1 fully saturated rings. The van der Waals surface area contributed by atoms with Gasteiger partial charge < -0.3 is 15.0 Å². The van der Waals surface area contributed by atoms with Crippen LogP contribution >= 0.6 is 0 Å². The van der Waals surface area contributed by atoms with Gasteiger partial charge in [-0.3, -0.25) is 4.79 Å². The number of amides is 1. The van der Waals surface area contributed by atoms with E-state index in [1.807, 2.05) is 29.2 Å². The molecule has 2 heterocycles. The number of anilines is 1. The van der Waals surface area contributed by atoms with Crippen molar-refractivity contribution in [1.82, 2.24) is 14.9 Å². The molecule has 4 rings (SSSR count). The number of aromatic nitrogens is 2. The van der Waals surface area contributed by atoms with Gasteiger partial charge >= 0.3 is 0 Å². The Hall–Kier alpha value is -2.63. The Morgan fingerprint density at radius 1 is 1.27 bits per heavy atom. The van der Waals surface area contributed by atoms with E-state index in [2.05, 4.69) is 15.3 Å². The van der Waals surface area contributed by atoms with Crippen molar-refractivity contribution in [3.05, 3.63) is 47.4 Å². The van der Waals surface area contributed by atoms with Crippen molar-refractivity contribution in [2.75, 3.05) is 25.5 Å². The number of rotatable bonds is 5. The van der Waals surface area contributed by atoms with E-state index in [4.69, 9.17) is 4.74 Å². The van der Waals surface area contributed by atoms with Gasteiger partial charge in [0.05, 0.1) is 13.5 Å². The lowest BCUT2D eigenvalue weighted by Gasteiger charge is -2.18. The van der Waals surface area contributed by atoms with Crippen LogP contribution in [0.3, 0.4) is 0 Å². The summed E-state index contributed by atoms with van der Waals surface area (Å²) < 4.78 is 5.16. The second-order valence-corrected chi connectivity index (χ2v) is 7.00. The third-order valence-electron chi connectivity index (χ3n) is 5.27. The number of nitrogens with one attached hydrogen (secondary N) is 1. The summed E-state index contributed by atoms with van der Waals surface area (Å²) in [4.78, 5) is 23.3. The molecular formula is C20H24N4O2. The van der Waals surface area contributed by atoms with Gasteiger partial charge in [-0.1, -0.05) is 12.1 Å². The monoisotopic (exact) mass is 352 g/mol. The Morgan fingerprint density at radius 2 is 2.12 bits per heavy atom. The molecule has 1 N–H and O–H groups in total. The minimum absolute atomic E-state index is 0.174. The summed E-state index contributed by atoms with van der Waals surface area (Å²) in [5.74, 6) is 1.94. The molecule has 2 aromatic rings. The molecule has 0 unspecified atom stereocenters. The smallest absolute Gasteiger partial charge is 0.227 e. The Morgan fingerprint density at radius 3 is 2.92 bits per heavy atom. The van der Waals surface area contributed by atoms with E-state index in [0.717, 1.165) is 55.9 Å². The third kappa shape index (κ3) is 3.49. The van der Waals surface area contributed by atoms with Crippen LogP contribution in [0.1, 0.15) is 29.7 Å². The Kier molecular flexibility index (Phi) is 4.73. The molecule has 1 aliphatic heterocycles. The Bertz CT molecular complexity index is 791. The van der Waals surface area contributed by atoms with Gasteiger partial charge in [-0.05, 0) is 43.4 Å². The number of nitrogens with zero attached hydrogens (tertiary/aromatic N) is 3. The summed E-state index contributed by atoms with van der Waals surface area (Å²) in [5, 5.41) is 3.54. The minimum atomic E-state index is 0.174. The van der Waals surface area contributed by atoms with Crippen molar-refractivity contribution in [2.24, 2.45) is 0 Å². The number of hydrogen-bond donors (Lipinski definition) is 1. The number of carbonyl (C=O) groups is 1. The molecule has 26 heavy (non-hydrogen) atoms. The molecule has 1 aromatic carbocycles. The number of likely N-dealkylation sites (tertiary alicyclic amines) is 1. The SMILES string of the molecule is COc1ccc(CC(=O)N2CC[C@@H](Nc3ncnc4c3CCC4)C2)cc1. The molecule has 0 spiro atoms. The molecule has 136 valence electrons. The molecule has 0 bridgehead atoms. The van der Waals surface area contributed by atoms with Crippen molar-refractivity contribution >= 4 is 11.7 Å². The van der Waals surface area contributed by atoms with Crippen molar-refractivity contribution in [3.63, 3.8) is 0 Å². The maximum Gasteiger partial charge on any atom is 0.227 e. The van der Waals surface area contributed by atoms with E-state index in [9.17, 15) is 4.79 Å². The van der Waals surface area contributed by atoms with E-state index in [-0.39, 0.29) is 11.9 Å². The molecule has 1 aromatic heterocycles. The number of carbonyl (C=O) groups excluding carboxylic acids is 1. The van der Waals surface area contributed by atoms with Crippen LogP contribution in [0.25, 0.3) is 0 Å². The summed E-state index contributed by atoms with van der Waals surface area (Å²) in [6.45, 7) is 1.52. The highest BCUT2D eigenvalue weighted by Crippen LogP contribution is 2.26. The molecular weight excluding hydrogens is 328 g/mol. The lowest BCUT2D eigenvalue weighted by molar-refractivity contribution is -0.129. The van der Waals surface area contributed by atoms with Crippen LogP contribution in [-0.4, -0.2) is 47.0 Å². The van der Waals surface area contributed by atoms with E-state index in [1.54, 1.807) is 13.4 Å². The van der Waals surface area contributed by atoms with Crippen molar-refractivity contribution in [1.29, 1.82) is 0 Å². The number of aryl methyl sites for hydroxylation is 1. The highest BCUT2D eigenvalue weighted by molar-refractivity contribution is 5.79. The van der Waals surface area contributed by atoms with Crippen LogP contribution < -0.4 is 10.1 Å². The number of fused-ring (bicyclic) bond motifs is 1. The average molecular weight is 352 g/mol. The molecule has 0 saturated carbocycles. The molecule has 1 atom stereocenters. The molecule has 6 heteroatoms. The van der Waals surface area contributed by atoms with Crippen molar-refractivity contribution in [3.8, 4) is 5.75 Å². The van der Waals surface area contributed by atoms with Crippen LogP contribution in [0.5, 0.6) is 5.75 Å². The van der Waals surface area contributed by atoms with Gasteiger partial charge in [-0.25, -0.2) is 9.97 Å². The van der Waals surface area contributed by atoms with Gasteiger partial charge in [-0.2, -0.15) is 0 Å². The Labute approximate surface area is 153 Å². The van der Waals surface area contributed by atoms with E-state index in [0.29, 0.717) is 6.42 Å². The molecule has 0 radical (unpaired) electrons. The Balaban J connectivity index is 1.34. The molecule has 1 amide bonds. The lowest BCUT2D eigenvalue weighted by Crippen LogP contribution is -2.32. The summed E-state index contributed by atoms with van der Waals surface area (Å²) in [5.41, 5.74) is 3.45. The van der Waals surface area contributed by atoms with Crippen LogP contribution in [0, 0.1) is 0 Å². The quantitative estimate of drug-likeness (QED) is 0.894. The highest BCUT2D eigenvalue weighted by atomic mass is 16.5. The molecule has 6 nitrogen and oxygen atoms in total. The fourth-order valence-electron chi connectivity index (χ4n) is 3.81. The zero-order valence-electron chi connectivity index (χ0n) is 15.1. The van der Waals surface area contributed by atoms with Gasteiger partial charge in [0, 0.05) is 30.4 Å². The zero-order chi connectivity index (χ0) is 17.9. The average Bonchev–Trinajstić information content (AvgIpc) is 3.32. The van der Waals surface area contributed by atoms with Gasteiger partial charge in [0.15, 0.2) is 0 Å². The van der Waals surface area contributed by atoms with Crippen LogP contribution in [0.4, 0.5) is 5.82 Å². The van der Waals surface area contributed by atoms with Gasteiger partial charge in [-0.15, -0.1) is 0 Å². The standard InChI is InChI=1S/C20H24N4O2/c1-26-16-7-5-14(6-8-16)11-19(25)24-10-9-15(12-24)23-20-17-3-2-4-18(17)21-13-22-20/h5-8,13,15H,2-4,9-12H2,1H3,(H,21,22,23)/t15-/m1/s1. The largest absolute Gasteiger partial charge is 0.497 e. The predicted molar refractivity (Wildman–Crippen MR) is 99.4 cm³/mol. The summed E-state index contributed by atoms with van der Waals surface area (Å²) in [6.07, 6.45) is 6.27. The van der Waals surface area contributed by atoms with Gasteiger partial charge in [0.2, 0.25) is 5.91 Å². The van der Waals surface area contributed by atoms with Crippen LogP contribution in [0.2, 0.25) is 0 Å². The summed E-state index contributed by atoms with van der Waals surface area (Å²) >= 11 is 0. The number of hydrogen-bond acceptors (Lipinski definition) is 5. The number of methoxy groups -OCH3 is 1. The fourth-order valence-corrected chi connectivity index (χ4v) is 3.81. The van der Waals surface area contributed by atoms with E-state index in [1.165, 1.54) is 11.3 Å². The van der Waals surface area contributed by atoms with Crippen molar-refractivity contribution < 1.29 is 9.53 Å². The molecule has 1 aliphatic carbocycles. The number of ether oxygens (including phenoxy) is 1. The lowest BCUT2D eigenvalue weighted by atomic mass is 10.1. The first-order valence-corrected chi connectivity index (χ1v) is 9.23. The topological polar surface area (TPSA) is 67.3 Å². The van der Waals surface area contributed by atoms with Crippen LogP contribution in [-0.2, 0) is 24.1 Å². The van der Waals surface area contributed by atoms with Gasteiger partial charge in [0.25, 0.3) is 0 Å². The zero-order valence-corrected chi connectivity index (χ0v) is 15.1. The van der Waals surface area contributed by atoms with Crippen LogP contribution in [0.15, 0.2) is 30.6 Å². The minimum Gasteiger partial charge on any atom is -0.497 e. The normalized spacial score (nSPS) is 18.7. The first-order chi connectivity index (χ1) is 12.7. The second kappa shape index (κ2) is 7.32.